The molecule has 7 heteroatoms. The molecule has 0 bridgehead atoms. The summed E-state index contributed by atoms with van der Waals surface area (Å²) in [5, 5.41) is 2.99. The molecule has 1 aromatic heterocycles. The molecule has 26 heavy (non-hydrogen) atoms. The summed E-state index contributed by atoms with van der Waals surface area (Å²) in [5.41, 5.74) is 6.78. The van der Waals surface area contributed by atoms with Crippen LogP contribution in [-0.2, 0) is 4.79 Å². The van der Waals surface area contributed by atoms with Crippen LogP contribution in [0.5, 0.6) is 0 Å². The Morgan fingerprint density at radius 1 is 1.27 bits per heavy atom. The highest BCUT2D eigenvalue weighted by atomic mass is 32.2. The van der Waals surface area contributed by atoms with Crippen LogP contribution in [0.25, 0.3) is 0 Å². The van der Waals surface area contributed by atoms with Crippen molar-refractivity contribution in [3.05, 3.63) is 54.4 Å². The Balaban J connectivity index is 1.76. The van der Waals surface area contributed by atoms with Gasteiger partial charge >= 0.3 is 6.03 Å². The number of aromatic nitrogens is 1. The first-order valence-electron chi connectivity index (χ1n) is 8.56. The molecule has 2 aromatic rings. The Morgan fingerprint density at radius 3 is 2.65 bits per heavy atom. The third-order valence-corrected chi connectivity index (χ3v) is 5.30. The highest BCUT2D eigenvalue weighted by Crippen LogP contribution is 2.35. The molecule has 0 aliphatic heterocycles. The maximum atomic E-state index is 13.0. The lowest BCUT2D eigenvalue weighted by Gasteiger charge is -2.29. The number of amides is 3. The molecule has 1 heterocycles. The van der Waals surface area contributed by atoms with Gasteiger partial charge in [-0.15, -0.1) is 11.8 Å². The van der Waals surface area contributed by atoms with Crippen molar-refractivity contribution < 1.29 is 9.59 Å². The van der Waals surface area contributed by atoms with Crippen molar-refractivity contribution in [2.75, 3.05) is 11.1 Å². The van der Waals surface area contributed by atoms with Gasteiger partial charge in [0.25, 0.3) is 0 Å². The first-order valence-corrected chi connectivity index (χ1v) is 9.55. The highest BCUT2D eigenvalue weighted by molar-refractivity contribution is 8.00. The van der Waals surface area contributed by atoms with Crippen LogP contribution in [0.4, 0.5) is 10.5 Å². The summed E-state index contributed by atoms with van der Waals surface area (Å²) in [7, 11) is 0. The molecule has 1 aliphatic rings. The Kier molecular flexibility index (Phi) is 5.78. The van der Waals surface area contributed by atoms with Crippen LogP contribution in [0.3, 0.4) is 0 Å². The van der Waals surface area contributed by atoms with Gasteiger partial charge in [0.1, 0.15) is 0 Å². The maximum Gasteiger partial charge on any atom is 0.322 e. The normalized spacial score (nSPS) is 14.5. The number of nitrogens with zero attached hydrogens (tertiary/aromatic N) is 2. The highest BCUT2D eigenvalue weighted by Gasteiger charge is 2.37. The molecule has 1 aliphatic carbocycles. The summed E-state index contributed by atoms with van der Waals surface area (Å²) >= 11 is 1.32. The van der Waals surface area contributed by atoms with Crippen LogP contribution in [-0.4, -0.2) is 33.6 Å². The zero-order valence-corrected chi connectivity index (χ0v) is 15.4. The van der Waals surface area contributed by atoms with E-state index in [1.54, 1.807) is 6.20 Å². The molecule has 0 spiro atoms. The van der Waals surface area contributed by atoms with Crippen molar-refractivity contribution in [3.63, 3.8) is 0 Å². The molecule has 1 aromatic carbocycles. The molecular formula is C19H22N4O2S. The predicted octanol–water partition coefficient (Wildman–Crippen LogP) is 3.42. The molecule has 0 unspecified atom stereocenters. The van der Waals surface area contributed by atoms with Crippen molar-refractivity contribution in [3.8, 4) is 0 Å². The van der Waals surface area contributed by atoms with Gasteiger partial charge in [-0.25, -0.2) is 4.79 Å². The molecule has 3 amide bonds. The van der Waals surface area contributed by atoms with Gasteiger partial charge in [-0.05, 0) is 44.0 Å². The Bertz CT molecular complexity index is 780. The van der Waals surface area contributed by atoms with E-state index in [1.807, 2.05) is 54.3 Å². The first kappa shape index (κ1) is 18.3. The minimum Gasteiger partial charge on any atom is -0.369 e. The number of thioether (sulfide) groups is 1. The number of nitrogens with two attached hydrogens (primary N) is 1. The number of anilines is 1. The number of urea groups is 1. The van der Waals surface area contributed by atoms with Gasteiger partial charge in [0, 0.05) is 17.1 Å². The number of primary amides is 1. The van der Waals surface area contributed by atoms with Crippen molar-refractivity contribution in [2.45, 2.75) is 36.7 Å². The van der Waals surface area contributed by atoms with Gasteiger partial charge in [0.2, 0.25) is 5.91 Å². The quantitative estimate of drug-likeness (QED) is 0.731. The van der Waals surface area contributed by atoms with Crippen LogP contribution >= 0.6 is 11.8 Å². The van der Waals surface area contributed by atoms with Crippen molar-refractivity contribution in [1.29, 1.82) is 0 Å². The van der Waals surface area contributed by atoms with Gasteiger partial charge < -0.3 is 16.0 Å². The number of para-hydroxylation sites is 1. The summed E-state index contributed by atoms with van der Waals surface area (Å²) in [6, 6.07) is 13.1. The molecule has 136 valence electrons. The average Bonchev–Trinajstić information content (AvgIpc) is 3.46. The summed E-state index contributed by atoms with van der Waals surface area (Å²) < 4.78 is 0. The molecule has 1 fully saturated rings. The molecule has 3 rings (SSSR count). The minimum atomic E-state index is -0.389. The Labute approximate surface area is 157 Å². The van der Waals surface area contributed by atoms with E-state index in [2.05, 4.69) is 10.3 Å². The van der Waals surface area contributed by atoms with Crippen LogP contribution in [0.1, 0.15) is 31.5 Å². The second kappa shape index (κ2) is 8.23. The number of hydrogen-bond donors (Lipinski definition) is 2. The van der Waals surface area contributed by atoms with Gasteiger partial charge in [-0.3, -0.25) is 9.78 Å². The standard InChI is InChI=1S/C19H22N4O2S/c1-13(15-6-4-5-11-21-15)23(14-9-10-14)19(25)22-16-7-2-3-8-17(16)26-12-18(20)24/h2-8,11,13-14H,9-10,12H2,1H3,(H2,20,24)(H,22,25)/t13-/m0/s1. The zero-order valence-electron chi connectivity index (χ0n) is 14.6. The lowest BCUT2D eigenvalue weighted by Crippen LogP contribution is -2.39. The topological polar surface area (TPSA) is 88.3 Å². The molecule has 1 saturated carbocycles. The number of rotatable bonds is 7. The molecule has 0 saturated heterocycles. The number of benzene rings is 1. The average molecular weight is 370 g/mol. The number of carbonyl (C=O) groups is 2. The van der Waals surface area contributed by atoms with Crippen molar-refractivity contribution in [2.24, 2.45) is 5.73 Å². The van der Waals surface area contributed by atoms with Crippen LogP contribution in [0.2, 0.25) is 0 Å². The molecule has 1 atom stereocenters. The Morgan fingerprint density at radius 2 is 2.00 bits per heavy atom. The van der Waals surface area contributed by atoms with Gasteiger partial charge in [0.15, 0.2) is 0 Å². The second-order valence-electron chi connectivity index (χ2n) is 6.25. The van der Waals surface area contributed by atoms with E-state index in [1.165, 1.54) is 11.8 Å². The predicted molar refractivity (Wildman–Crippen MR) is 103 cm³/mol. The molecule has 6 nitrogen and oxygen atoms in total. The smallest absolute Gasteiger partial charge is 0.322 e. The summed E-state index contributed by atoms with van der Waals surface area (Å²) in [6.45, 7) is 1.99. The van der Waals surface area contributed by atoms with E-state index in [0.717, 1.165) is 23.4 Å². The zero-order chi connectivity index (χ0) is 18.5. The van der Waals surface area contributed by atoms with E-state index in [4.69, 9.17) is 5.73 Å². The summed E-state index contributed by atoms with van der Waals surface area (Å²) in [6.07, 6.45) is 3.75. The first-order chi connectivity index (χ1) is 12.6. The van der Waals surface area contributed by atoms with Gasteiger partial charge in [0.05, 0.1) is 23.2 Å². The number of carbonyl (C=O) groups excluding carboxylic acids is 2. The molecule has 0 radical (unpaired) electrons. The summed E-state index contributed by atoms with van der Waals surface area (Å²) in [4.78, 5) is 31.1. The van der Waals surface area contributed by atoms with Crippen molar-refractivity contribution in [1.82, 2.24) is 9.88 Å². The fourth-order valence-corrected chi connectivity index (χ4v) is 3.55. The van der Waals surface area contributed by atoms with E-state index >= 15 is 0 Å². The summed E-state index contributed by atoms with van der Waals surface area (Å²) in [5.74, 6) is -0.219. The lowest BCUT2D eigenvalue weighted by atomic mass is 10.2. The van der Waals surface area contributed by atoms with E-state index < -0.39 is 0 Å². The number of hydrogen-bond acceptors (Lipinski definition) is 4. The third-order valence-electron chi connectivity index (χ3n) is 4.21. The van der Waals surface area contributed by atoms with Gasteiger partial charge in [-0.2, -0.15) is 0 Å². The minimum absolute atomic E-state index is 0.117. The second-order valence-corrected chi connectivity index (χ2v) is 7.27. The van der Waals surface area contributed by atoms with Crippen LogP contribution < -0.4 is 11.1 Å². The van der Waals surface area contributed by atoms with E-state index in [9.17, 15) is 9.59 Å². The monoisotopic (exact) mass is 370 g/mol. The van der Waals surface area contributed by atoms with Crippen LogP contribution in [0, 0.1) is 0 Å². The molecule has 3 N–H and O–H groups in total. The molecular weight excluding hydrogens is 348 g/mol. The lowest BCUT2D eigenvalue weighted by molar-refractivity contribution is -0.115. The van der Waals surface area contributed by atoms with Gasteiger partial charge in [-0.1, -0.05) is 18.2 Å². The van der Waals surface area contributed by atoms with E-state index in [-0.39, 0.29) is 29.8 Å². The maximum absolute atomic E-state index is 13.0. The fourth-order valence-electron chi connectivity index (χ4n) is 2.80. The number of nitrogens with one attached hydrogen (secondary N) is 1. The Hall–Kier alpha value is -2.54. The largest absolute Gasteiger partial charge is 0.369 e. The fraction of sp³-hybridized carbons (Fsp3) is 0.316. The number of pyridine rings is 1. The van der Waals surface area contributed by atoms with Crippen molar-refractivity contribution >= 4 is 29.4 Å². The van der Waals surface area contributed by atoms with E-state index in [0.29, 0.717) is 5.69 Å². The van der Waals surface area contributed by atoms with Crippen LogP contribution in [0.15, 0.2) is 53.6 Å². The third kappa shape index (κ3) is 4.54. The SMILES string of the molecule is C[C@@H](c1ccccn1)N(C(=O)Nc1ccccc1SCC(N)=O)C1CC1.